The van der Waals surface area contributed by atoms with Gasteiger partial charge >= 0.3 is 0 Å². The zero-order valence-electron chi connectivity index (χ0n) is 16.6. The lowest BCUT2D eigenvalue weighted by Gasteiger charge is -2.36. The second-order valence-electron chi connectivity index (χ2n) is 8.06. The maximum atomic E-state index is 12.4. The summed E-state index contributed by atoms with van der Waals surface area (Å²) in [5, 5.41) is 4.83. The Morgan fingerprint density at radius 1 is 1.18 bits per heavy atom. The monoisotopic (exact) mass is 400 g/mol. The van der Waals surface area contributed by atoms with Crippen molar-refractivity contribution < 1.29 is 4.79 Å². The quantitative estimate of drug-likeness (QED) is 0.734. The Bertz CT molecular complexity index is 846. The van der Waals surface area contributed by atoms with Gasteiger partial charge in [-0.15, -0.1) is 0 Å². The maximum Gasteiger partial charge on any atom is 0.221 e. The maximum absolute atomic E-state index is 12.4. The van der Waals surface area contributed by atoms with E-state index < -0.39 is 0 Å². The van der Waals surface area contributed by atoms with Gasteiger partial charge in [0.2, 0.25) is 5.91 Å². The number of nitrogens with one attached hydrogen (secondary N) is 1. The van der Waals surface area contributed by atoms with Crippen molar-refractivity contribution in [2.75, 3.05) is 11.4 Å². The molecule has 2 aliphatic carbocycles. The summed E-state index contributed by atoms with van der Waals surface area (Å²) in [6.07, 6.45) is 9.62. The molecule has 2 saturated carbocycles. The number of benzene rings is 1. The molecule has 4 rings (SSSR count). The molecular formula is C22H29ClN4O. The Kier molecular flexibility index (Phi) is 6.00. The largest absolute Gasteiger partial charge is 0.353 e. The summed E-state index contributed by atoms with van der Waals surface area (Å²) in [5.41, 5.74) is 0.887. The zero-order valence-corrected chi connectivity index (χ0v) is 17.3. The highest BCUT2D eigenvalue weighted by atomic mass is 35.5. The Hall–Kier alpha value is -1.88. The third-order valence-electron chi connectivity index (χ3n) is 5.81. The fraction of sp³-hybridized carbons (Fsp3) is 0.591. The van der Waals surface area contributed by atoms with Gasteiger partial charge in [-0.25, -0.2) is 9.97 Å². The summed E-state index contributed by atoms with van der Waals surface area (Å²) in [7, 11) is 0. The second-order valence-corrected chi connectivity index (χ2v) is 8.49. The van der Waals surface area contributed by atoms with Crippen LogP contribution in [0.4, 0.5) is 5.82 Å². The number of amides is 1. The molecule has 0 radical (unpaired) electrons. The molecule has 150 valence electrons. The van der Waals surface area contributed by atoms with Gasteiger partial charge in [0, 0.05) is 41.9 Å². The summed E-state index contributed by atoms with van der Waals surface area (Å²) in [6.45, 7) is 2.77. The lowest BCUT2D eigenvalue weighted by Crippen LogP contribution is -2.40. The molecule has 1 aromatic heterocycles. The molecule has 1 N–H and O–H groups in total. The van der Waals surface area contributed by atoms with Crippen LogP contribution in [0.2, 0.25) is 5.02 Å². The average Bonchev–Trinajstić information content (AvgIpc) is 3.52. The van der Waals surface area contributed by atoms with Crippen LogP contribution in [0.25, 0.3) is 10.9 Å². The van der Waals surface area contributed by atoms with Gasteiger partial charge < -0.3 is 10.2 Å². The van der Waals surface area contributed by atoms with E-state index in [1.807, 2.05) is 18.2 Å². The van der Waals surface area contributed by atoms with Crippen molar-refractivity contribution in [2.24, 2.45) is 0 Å². The first-order valence-electron chi connectivity index (χ1n) is 10.7. The number of hydrogen-bond donors (Lipinski definition) is 1. The average molecular weight is 401 g/mol. The third kappa shape index (κ3) is 4.57. The molecule has 5 nitrogen and oxygen atoms in total. The number of nitrogens with zero attached hydrogens (tertiary/aromatic N) is 3. The molecule has 2 fully saturated rings. The van der Waals surface area contributed by atoms with E-state index in [1.165, 1.54) is 19.3 Å². The first kappa shape index (κ1) is 19.4. The number of carbonyl (C=O) groups excluding carboxylic acids is 1. The van der Waals surface area contributed by atoms with Gasteiger partial charge in [0.05, 0.1) is 5.52 Å². The Balaban J connectivity index is 1.66. The van der Waals surface area contributed by atoms with E-state index >= 15 is 0 Å². The number of halogens is 1. The minimum absolute atomic E-state index is 0.153. The molecule has 0 bridgehead atoms. The van der Waals surface area contributed by atoms with Crippen LogP contribution in [0.1, 0.15) is 64.1 Å². The smallest absolute Gasteiger partial charge is 0.221 e. The number of anilines is 1. The molecule has 0 saturated heterocycles. The molecule has 2 aromatic rings. The van der Waals surface area contributed by atoms with Crippen LogP contribution in [0.15, 0.2) is 18.2 Å². The van der Waals surface area contributed by atoms with Gasteiger partial charge in [-0.2, -0.15) is 0 Å². The van der Waals surface area contributed by atoms with Crippen LogP contribution >= 0.6 is 11.6 Å². The molecule has 2 aliphatic rings. The highest BCUT2D eigenvalue weighted by Crippen LogP contribution is 2.32. The Morgan fingerprint density at radius 2 is 1.96 bits per heavy atom. The van der Waals surface area contributed by atoms with Crippen molar-refractivity contribution in [1.29, 1.82) is 0 Å². The molecule has 1 amide bonds. The van der Waals surface area contributed by atoms with Crippen LogP contribution in [-0.4, -0.2) is 34.5 Å². The van der Waals surface area contributed by atoms with E-state index in [1.54, 1.807) is 0 Å². The van der Waals surface area contributed by atoms with Crippen LogP contribution < -0.4 is 10.2 Å². The van der Waals surface area contributed by atoms with Crippen molar-refractivity contribution in [3.8, 4) is 0 Å². The minimum Gasteiger partial charge on any atom is -0.353 e. The van der Waals surface area contributed by atoms with E-state index in [0.717, 1.165) is 54.6 Å². The SMILES string of the molecule is CCc1nc(N(CCC(=O)NC2CC2)C2CCCCC2)c2ccc(Cl)cc2n1. The van der Waals surface area contributed by atoms with E-state index in [-0.39, 0.29) is 5.91 Å². The van der Waals surface area contributed by atoms with Crippen molar-refractivity contribution in [2.45, 2.75) is 76.8 Å². The normalized spacial score (nSPS) is 17.6. The van der Waals surface area contributed by atoms with Crippen molar-refractivity contribution in [3.05, 3.63) is 29.0 Å². The van der Waals surface area contributed by atoms with Gasteiger partial charge in [0.1, 0.15) is 11.6 Å². The predicted molar refractivity (Wildman–Crippen MR) is 114 cm³/mol. The summed E-state index contributed by atoms with van der Waals surface area (Å²) in [6, 6.07) is 6.68. The third-order valence-corrected chi connectivity index (χ3v) is 6.05. The van der Waals surface area contributed by atoms with Crippen LogP contribution in [0.5, 0.6) is 0 Å². The number of aromatic nitrogens is 2. The van der Waals surface area contributed by atoms with Gasteiger partial charge in [0.15, 0.2) is 0 Å². The lowest BCUT2D eigenvalue weighted by molar-refractivity contribution is -0.121. The zero-order chi connectivity index (χ0) is 19.5. The van der Waals surface area contributed by atoms with Gasteiger partial charge in [0.25, 0.3) is 0 Å². The fourth-order valence-corrected chi connectivity index (χ4v) is 4.28. The highest BCUT2D eigenvalue weighted by Gasteiger charge is 2.27. The van der Waals surface area contributed by atoms with Crippen molar-refractivity contribution in [3.63, 3.8) is 0 Å². The molecule has 1 heterocycles. The van der Waals surface area contributed by atoms with E-state index in [4.69, 9.17) is 16.6 Å². The van der Waals surface area contributed by atoms with E-state index in [2.05, 4.69) is 22.1 Å². The Labute approximate surface area is 171 Å². The second kappa shape index (κ2) is 8.64. The standard InChI is InChI=1S/C22H29ClN4O/c1-2-20-25-19-14-15(23)8-11-18(19)22(26-20)27(17-6-4-3-5-7-17)13-12-21(28)24-16-9-10-16/h8,11,14,16-17H,2-7,9-10,12-13H2,1H3,(H,24,28). The lowest BCUT2D eigenvalue weighted by atomic mass is 9.93. The van der Waals surface area contributed by atoms with Gasteiger partial charge in [-0.1, -0.05) is 37.8 Å². The molecule has 0 unspecified atom stereocenters. The van der Waals surface area contributed by atoms with E-state index in [9.17, 15) is 4.79 Å². The van der Waals surface area contributed by atoms with E-state index in [0.29, 0.717) is 30.1 Å². The van der Waals surface area contributed by atoms with Crippen LogP contribution in [0.3, 0.4) is 0 Å². The molecule has 0 atom stereocenters. The first-order chi connectivity index (χ1) is 13.6. The topological polar surface area (TPSA) is 58.1 Å². The molecule has 28 heavy (non-hydrogen) atoms. The fourth-order valence-electron chi connectivity index (χ4n) is 4.11. The number of rotatable bonds is 7. The number of fused-ring (bicyclic) bond motifs is 1. The molecule has 1 aromatic carbocycles. The predicted octanol–water partition coefficient (Wildman–Crippen LogP) is 4.65. The molecule has 0 spiro atoms. The van der Waals surface area contributed by atoms with Gasteiger partial charge in [-0.05, 0) is 43.9 Å². The Morgan fingerprint density at radius 3 is 2.68 bits per heavy atom. The van der Waals surface area contributed by atoms with Gasteiger partial charge in [-0.3, -0.25) is 4.79 Å². The summed E-state index contributed by atoms with van der Waals surface area (Å²) >= 11 is 6.22. The van der Waals surface area contributed by atoms with Crippen molar-refractivity contribution >= 4 is 34.2 Å². The first-order valence-corrected chi connectivity index (χ1v) is 11.0. The number of carbonyl (C=O) groups is 1. The number of aryl methyl sites for hydroxylation is 1. The minimum atomic E-state index is 0.153. The molecule has 0 aliphatic heterocycles. The summed E-state index contributed by atoms with van der Waals surface area (Å²) < 4.78 is 0. The van der Waals surface area contributed by atoms with Crippen LogP contribution in [0, 0.1) is 0 Å². The highest BCUT2D eigenvalue weighted by molar-refractivity contribution is 6.31. The summed E-state index contributed by atoms with van der Waals surface area (Å²) in [4.78, 5) is 24.3. The summed E-state index contributed by atoms with van der Waals surface area (Å²) in [5.74, 6) is 1.94. The van der Waals surface area contributed by atoms with Crippen LogP contribution in [-0.2, 0) is 11.2 Å². The molecule has 6 heteroatoms. The van der Waals surface area contributed by atoms with Crippen molar-refractivity contribution in [1.82, 2.24) is 15.3 Å². The molecular weight excluding hydrogens is 372 g/mol. The number of hydrogen-bond acceptors (Lipinski definition) is 4.